The summed E-state index contributed by atoms with van der Waals surface area (Å²) in [4.78, 5) is 29.6. The number of nitrogens with one attached hydrogen (secondary N) is 2. The number of sulfone groups is 1. The van der Waals surface area contributed by atoms with Crippen molar-refractivity contribution in [1.29, 1.82) is 0 Å². The Morgan fingerprint density at radius 2 is 1.97 bits per heavy atom. The Labute approximate surface area is 212 Å². The van der Waals surface area contributed by atoms with Crippen LogP contribution in [0.5, 0.6) is 0 Å². The number of rotatable bonds is 4. The third-order valence-corrected chi connectivity index (χ3v) is 7.17. The maximum absolute atomic E-state index is 14.9. The van der Waals surface area contributed by atoms with Crippen LogP contribution in [0.25, 0.3) is 5.82 Å². The lowest BCUT2D eigenvalue weighted by atomic mass is 9.82. The minimum absolute atomic E-state index is 0.0571. The molecule has 1 atom stereocenters. The fraction of sp³-hybridized carbons (Fsp3) is 0.304. The Morgan fingerprint density at radius 3 is 2.61 bits per heavy atom. The molecule has 38 heavy (non-hydrogen) atoms. The lowest BCUT2D eigenvalue weighted by molar-refractivity contribution is -0.137. The monoisotopic (exact) mass is 555 g/mol. The summed E-state index contributed by atoms with van der Waals surface area (Å²) in [6, 6.07) is 3.57. The zero-order valence-corrected chi connectivity index (χ0v) is 20.3. The molecule has 0 unspecified atom stereocenters. The number of anilines is 1. The standard InChI is InChI=1S/C23H18F5N5O4S/c1-38(36,37)10-17(34)30-20-18-15(32-33(20)16-3-2-12(9-29-16)23(26,27)28)8-22(31-21(18)35)5-4-11-6-13(24)7-14(25)19(11)22/h2-3,6-7,9H,4-5,8,10H2,1H3,(H,30,34)(H,31,35)/t22-/m0/s1. The highest BCUT2D eigenvalue weighted by Crippen LogP contribution is 2.45. The molecule has 0 fully saturated rings. The number of carbonyl (C=O) groups excluding carboxylic acids is 2. The van der Waals surface area contributed by atoms with Gasteiger partial charge in [0.1, 0.15) is 23.0 Å². The average molecular weight is 555 g/mol. The number of hydrogen-bond donors (Lipinski definition) is 2. The molecule has 1 aromatic carbocycles. The molecule has 1 aliphatic heterocycles. The van der Waals surface area contributed by atoms with Gasteiger partial charge in [0.05, 0.1) is 16.8 Å². The average Bonchev–Trinajstić information content (AvgIpc) is 3.30. The zero-order valence-electron chi connectivity index (χ0n) is 19.5. The molecule has 2 N–H and O–H groups in total. The van der Waals surface area contributed by atoms with Crippen LogP contribution in [0.15, 0.2) is 30.5 Å². The maximum Gasteiger partial charge on any atom is 0.417 e. The first-order valence-electron chi connectivity index (χ1n) is 11.1. The lowest BCUT2D eigenvalue weighted by Gasteiger charge is -2.35. The van der Waals surface area contributed by atoms with E-state index in [-0.39, 0.29) is 47.7 Å². The molecule has 1 aliphatic carbocycles. The third kappa shape index (κ3) is 4.50. The van der Waals surface area contributed by atoms with Crippen LogP contribution in [0.1, 0.15) is 39.2 Å². The highest BCUT2D eigenvalue weighted by atomic mass is 32.2. The van der Waals surface area contributed by atoms with Crippen molar-refractivity contribution >= 4 is 27.5 Å². The summed E-state index contributed by atoms with van der Waals surface area (Å²) < 4.78 is 91.9. The predicted molar refractivity (Wildman–Crippen MR) is 122 cm³/mol. The molecule has 3 heterocycles. The molecule has 200 valence electrons. The van der Waals surface area contributed by atoms with E-state index >= 15 is 0 Å². The fourth-order valence-electron chi connectivity index (χ4n) is 4.94. The highest BCUT2D eigenvalue weighted by Gasteiger charge is 2.48. The molecular formula is C23H18F5N5O4S. The van der Waals surface area contributed by atoms with Gasteiger partial charge in [-0.2, -0.15) is 23.0 Å². The first-order valence-corrected chi connectivity index (χ1v) is 13.2. The van der Waals surface area contributed by atoms with Gasteiger partial charge in [0, 0.05) is 30.5 Å². The number of benzene rings is 1. The van der Waals surface area contributed by atoms with Crippen LogP contribution in [0.4, 0.5) is 27.8 Å². The molecule has 1 spiro atoms. The Balaban J connectivity index is 1.62. The van der Waals surface area contributed by atoms with E-state index in [0.29, 0.717) is 17.8 Å². The molecule has 2 aliphatic rings. The van der Waals surface area contributed by atoms with Crippen molar-refractivity contribution in [2.45, 2.75) is 31.0 Å². The van der Waals surface area contributed by atoms with Crippen LogP contribution < -0.4 is 10.6 Å². The minimum Gasteiger partial charge on any atom is -0.342 e. The number of aromatic nitrogens is 3. The van der Waals surface area contributed by atoms with Crippen molar-refractivity contribution in [2.75, 3.05) is 17.3 Å². The predicted octanol–water partition coefficient (Wildman–Crippen LogP) is 2.68. The topological polar surface area (TPSA) is 123 Å². The second-order valence-electron chi connectivity index (χ2n) is 9.24. The van der Waals surface area contributed by atoms with Crippen LogP contribution in [0.2, 0.25) is 0 Å². The zero-order chi connectivity index (χ0) is 27.6. The van der Waals surface area contributed by atoms with Crippen LogP contribution in [0.3, 0.4) is 0 Å². The van der Waals surface area contributed by atoms with E-state index in [1.54, 1.807) is 0 Å². The molecule has 2 aromatic heterocycles. The summed E-state index contributed by atoms with van der Waals surface area (Å²) in [5.74, 6) is -4.90. The fourth-order valence-corrected chi connectivity index (χ4v) is 5.49. The number of pyridine rings is 1. The van der Waals surface area contributed by atoms with Gasteiger partial charge >= 0.3 is 6.18 Å². The number of aryl methyl sites for hydroxylation is 1. The number of hydrogen-bond acceptors (Lipinski definition) is 6. The summed E-state index contributed by atoms with van der Waals surface area (Å²) in [5, 5.41) is 9.33. The largest absolute Gasteiger partial charge is 0.417 e. The van der Waals surface area contributed by atoms with Gasteiger partial charge in [-0.1, -0.05) is 0 Å². The van der Waals surface area contributed by atoms with Crippen LogP contribution in [0, 0.1) is 11.6 Å². The summed E-state index contributed by atoms with van der Waals surface area (Å²) in [6.07, 6.45) is -2.92. The summed E-state index contributed by atoms with van der Waals surface area (Å²) in [6.45, 7) is 0. The van der Waals surface area contributed by atoms with Gasteiger partial charge in [0.2, 0.25) is 5.91 Å². The van der Waals surface area contributed by atoms with E-state index in [2.05, 4.69) is 20.7 Å². The van der Waals surface area contributed by atoms with Crippen molar-refractivity contribution < 1.29 is 40.0 Å². The van der Waals surface area contributed by atoms with Gasteiger partial charge in [-0.15, -0.1) is 0 Å². The number of carbonyl (C=O) groups is 2. The van der Waals surface area contributed by atoms with E-state index in [9.17, 15) is 40.0 Å². The molecule has 5 rings (SSSR count). The van der Waals surface area contributed by atoms with Crippen molar-refractivity contribution in [3.05, 3.63) is 70.0 Å². The van der Waals surface area contributed by atoms with Gasteiger partial charge in [0.15, 0.2) is 21.5 Å². The second-order valence-corrected chi connectivity index (χ2v) is 11.4. The van der Waals surface area contributed by atoms with Crippen LogP contribution in [-0.4, -0.2) is 47.0 Å². The molecule has 0 radical (unpaired) electrons. The van der Waals surface area contributed by atoms with Crippen LogP contribution >= 0.6 is 0 Å². The Kier molecular flexibility index (Phi) is 5.81. The number of halogens is 5. The Hall–Kier alpha value is -3.88. The Bertz CT molecular complexity index is 1600. The van der Waals surface area contributed by atoms with E-state index in [1.165, 1.54) is 6.07 Å². The van der Waals surface area contributed by atoms with E-state index < -0.39 is 56.3 Å². The molecule has 2 amide bonds. The van der Waals surface area contributed by atoms with E-state index in [1.807, 2.05) is 0 Å². The summed E-state index contributed by atoms with van der Waals surface area (Å²) in [7, 11) is -3.78. The second kappa shape index (κ2) is 8.58. The molecule has 0 bridgehead atoms. The maximum atomic E-state index is 14.9. The van der Waals surface area contributed by atoms with E-state index in [4.69, 9.17) is 0 Å². The molecule has 9 nitrogen and oxygen atoms in total. The number of nitrogens with zero attached hydrogens (tertiary/aromatic N) is 3. The number of amides is 2. The van der Waals surface area contributed by atoms with Crippen molar-refractivity contribution in [2.24, 2.45) is 0 Å². The van der Waals surface area contributed by atoms with Gasteiger partial charge in [-0.25, -0.2) is 22.2 Å². The summed E-state index contributed by atoms with van der Waals surface area (Å²) in [5.41, 5.74) is -1.99. The van der Waals surface area contributed by atoms with Gasteiger partial charge in [-0.05, 0) is 36.6 Å². The quantitative estimate of drug-likeness (QED) is 0.478. The third-order valence-electron chi connectivity index (χ3n) is 6.39. The van der Waals surface area contributed by atoms with E-state index in [0.717, 1.165) is 23.1 Å². The van der Waals surface area contributed by atoms with Crippen molar-refractivity contribution in [3.8, 4) is 5.82 Å². The summed E-state index contributed by atoms with van der Waals surface area (Å²) >= 11 is 0. The van der Waals surface area contributed by atoms with Gasteiger partial charge in [0.25, 0.3) is 5.91 Å². The SMILES string of the molecule is CS(=O)(=O)CC(=O)Nc1c2c(nn1-c1ccc(C(F)(F)F)cn1)C[C@]1(CCc3cc(F)cc(F)c31)NC2=O. The van der Waals surface area contributed by atoms with Crippen LogP contribution in [-0.2, 0) is 39.2 Å². The molecule has 3 aromatic rings. The minimum atomic E-state index is -4.67. The van der Waals surface area contributed by atoms with Gasteiger partial charge < -0.3 is 10.6 Å². The first kappa shape index (κ1) is 25.8. The highest BCUT2D eigenvalue weighted by molar-refractivity contribution is 7.91. The molecular weight excluding hydrogens is 537 g/mol. The van der Waals surface area contributed by atoms with Crippen molar-refractivity contribution in [3.63, 3.8) is 0 Å². The molecule has 0 saturated heterocycles. The van der Waals surface area contributed by atoms with Gasteiger partial charge in [-0.3, -0.25) is 9.59 Å². The smallest absolute Gasteiger partial charge is 0.342 e. The Morgan fingerprint density at radius 1 is 1.24 bits per heavy atom. The van der Waals surface area contributed by atoms with Crippen molar-refractivity contribution in [1.82, 2.24) is 20.1 Å². The first-order chi connectivity index (χ1) is 17.7. The number of fused-ring (bicyclic) bond motifs is 3. The normalized spacial score (nSPS) is 18.7. The lowest BCUT2D eigenvalue weighted by Crippen LogP contribution is -2.50. The number of alkyl halides is 3. The molecule has 15 heteroatoms. The molecule has 0 saturated carbocycles.